The lowest BCUT2D eigenvalue weighted by atomic mass is 10.0. The fourth-order valence-electron chi connectivity index (χ4n) is 7.17. The van der Waals surface area contributed by atoms with Gasteiger partial charge in [0.1, 0.15) is 17.7 Å². The topological polar surface area (TPSA) is 154 Å². The van der Waals surface area contributed by atoms with Gasteiger partial charge in [-0.25, -0.2) is 22.0 Å². The molecule has 5 atom stereocenters. The van der Waals surface area contributed by atoms with Crippen LogP contribution in [-0.2, 0) is 42.2 Å². The number of nitrogens with one attached hydrogen (secondary N) is 3. The van der Waals surface area contributed by atoms with Gasteiger partial charge in [-0.05, 0) is 54.7 Å². The number of hydrogen-bond acceptors (Lipinski definition) is 8. The molecule has 15 heteroatoms. The molecule has 280 valence electrons. The zero-order valence-corrected chi connectivity index (χ0v) is 29.1. The number of fused-ring (bicyclic) bond motifs is 3. The number of carbonyl (C=O) groups excluding carboxylic acids is 4. The second kappa shape index (κ2) is 14.6. The maximum Gasteiger partial charge on any atom is 0.410 e. The maximum atomic E-state index is 15.1. The number of ether oxygens (including phenoxy) is 1. The lowest BCUT2D eigenvalue weighted by Crippen LogP contribution is -2.59. The number of halogens is 2. The van der Waals surface area contributed by atoms with Gasteiger partial charge in [-0.3, -0.25) is 29.3 Å². The van der Waals surface area contributed by atoms with Crippen LogP contribution in [0.25, 0.3) is 6.08 Å². The Balaban J connectivity index is 0.00000504. The van der Waals surface area contributed by atoms with E-state index in [1.165, 1.54) is 15.9 Å². The molecule has 0 unspecified atom stereocenters. The molecule has 0 radical (unpaired) electrons. The van der Waals surface area contributed by atoms with E-state index in [0.717, 1.165) is 16.7 Å². The van der Waals surface area contributed by atoms with Crippen molar-refractivity contribution in [2.75, 3.05) is 13.1 Å². The molecule has 51 heavy (non-hydrogen) atoms. The highest BCUT2D eigenvalue weighted by Crippen LogP contribution is 2.45. The molecule has 2 aliphatic carbocycles. The Morgan fingerprint density at radius 3 is 2.59 bits per heavy atom. The predicted molar refractivity (Wildman–Crippen MR) is 187 cm³/mol. The van der Waals surface area contributed by atoms with Crippen molar-refractivity contribution >= 4 is 39.9 Å². The molecule has 3 fully saturated rings. The van der Waals surface area contributed by atoms with E-state index in [1.54, 1.807) is 13.8 Å². The molecule has 0 spiro atoms. The van der Waals surface area contributed by atoms with E-state index >= 15 is 8.78 Å². The molecule has 3 N–H and O–H groups in total. The Kier molecular flexibility index (Phi) is 11.0. The maximum absolute atomic E-state index is 15.1. The van der Waals surface area contributed by atoms with Crippen molar-refractivity contribution in [3.63, 3.8) is 0 Å². The van der Waals surface area contributed by atoms with Crippen LogP contribution in [0.15, 0.2) is 36.9 Å². The van der Waals surface area contributed by atoms with Gasteiger partial charge in [-0.1, -0.05) is 57.7 Å². The summed E-state index contributed by atoms with van der Waals surface area (Å²) in [6.45, 7) is 6.76. The number of carbonyl (C=O) groups is 4. The van der Waals surface area contributed by atoms with Gasteiger partial charge >= 0.3 is 6.09 Å². The SMILES string of the molecule is C.C=C[C@@H]1C[C@]1(NC(=O)[C@@H]1C[C@@H]2CN1C(=O)[C@H](C(C)C)NCC(F)(F)CCC/C=C/c1cccc3c1CN(C3)C(=O)O2)C(=O)NS(=O)(=O)C1CC1. The number of hydrogen-bond donors (Lipinski definition) is 3. The Morgan fingerprint density at radius 1 is 1.18 bits per heavy atom. The van der Waals surface area contributed by atoms with Crippen LogP contribution in [0.2, 0.25) is 0 Å². The van der Waals surface area contributed by atoms with E-state index in [2.05, 4.69) is 21.9 Å². The monoisotopic (exact) mass is 733 g/mol. The van der Waals surface area contributed by atoms with Crippen LogP contribution in [0.3, 0.4) is 0 Å². The molecule has 1 aromatic rings. The Hall–Kier alpha value is -3.85. The molecule has 2 saturated carbocycles. The van der Waals surface area contributed by atoms with E-state index in [-0.39, 0.29) is 39.8 Å². The van der Waals surface area contributed by atoms with Gasteiger partial charge in [0.25, 0.3) is 11.8 Å². The Morgan fingerprint density at radius 2 is 1.92 bits per heavy atom. The number of sulfonamides is 1. The molecule has 4 bridgehead atoms. The molecule has 4 amide bonds. The van der Waals surface area contributed by atoms with Crippen LogP contribution >= 0.6 is 0 Å². The standard InChI is InChI=1S/C35H45F2N5O7S.CH4/c1-4-24-16-35(24,32(45)40-50(47,48)26-12-13-26)39-30(43)28-15-25-18-42(28)31(44)29(21(2)3)38-20-34(36,37)14-7-5-6-9-22-10-8-11-23-17-41(19-27(22)23)33(46)49-25;/h4,6,8-11,21,24-26,28-29,38H,1,5,7,12-20H2,2-3H3,(H,39,43)(H,40,45);1H4/b9-6+;/t24-,25-,28+,29+,35-;/m1./s1. The minimum Gasteiger partial charge on any atom is -0.444 e. The number of rotatable bonds is 7. The zero-order chi connectivity index (χ0) is 36.0. The predicted octanol–water partition coefficient (Wildman–Crippen LogP) is 3.86. The average Bonchev–Trinajstić information content (AvgIpc) is 3.94. The fourth-order valence-corrected chi connectivity index (χ4v) is 8.53. The third-order valence-electron chi connectivity index (χ3n) is 10.4. The first-order valence-electron chi connectivity index (χ1n) is 17.3. The fraction of sp³-hybridized carbons (Fsp3) is 0.611. The molecule has 0 aromatic heterocycles. The van der Waals surface area contributed by atoms with Crippen molar-refractivity contribution < 1.29 is 41.1 Å². The van der Waals surface area contributed by atoms with E-state index in [9.17, 15) is 27.6 Å². The summed E-state index contributed by atoms with van der Waals surface area (Å²) >= 11 is 0. The quantitative estimate of drug-likeness (QED) is 0.358. The first kappa shape index (κ1) is 38.4. The number of amides is 4. The summed E-state index contributed by atoms with van der Waals surface area (Å²) < 4.78 is 63.3. The van der Waals surface area contributed by atoms with Crippen molar-refractivity contribution in [2.45, 2.75) is 114 Å². The van der Waals surface area contributed by atoms with Gasteiger partial charge < -0.3 is 15.0 Å². The number of nitrogens with zero attached hydrogens (tertiary/aromatic N) is 2. The van der Waals surface area contributed by atoms with Gasteiger partial charge in [0.2, 0.25) is 21.8 Å². The Bertz CT molecular complexity index is 1700. The van der Waals surface area contributed by atoms with Crippen LogP contribution in [0.5, 0.6) is 0 Å². The second-order valence-corrected chi connectivity index (χ2v) is 16.5. The van der Waals surface area contributed by atoms with E-state index in [0.29, 0.717) is 25.8 Å². The van der Waals surface area contributed by atoms with Gasteiger partial charge in [0, 0.05) is 25.3 Å². The van der Waals surface area contributed by atoms with Gasteiger partial charge in [-0.2, -0.15) is 0 Å². The second-order valence-electron chi connectivity index (χ2n) is 14.5. The summed E-state index contributed by atoms with van der Waals surface area (Å²) in [7, 11) is -3.92. The van der Waals surface area contributed by atoms with Crippen LogP contribution < -0.4 is 15.4 Å². The van der Waals surface area contributed by atoms with Gasteiger partial charge in [0.15, 0.2) is 0 Å². The molecule has 1 saturated heterocycles. The highest BCUT2D eigenvalue weighted by molar-refractivity contribution is 7.91. The summed E-state index contributed by atoms with van der Waals surface area (Å²) in [5, 5.41) is 4.77. The highest BCUT2D eigenvalue weighted by Gasteiger charge is 2.62. The molecular formula is C36H49F2N5O7S. The summed E-state index contributed by atoms with van der Waals surface area (Å²) in [6.07, 6.45) is 4.75. The van der Waals surface area contributed by atoms with Crippen LogP contribution in [-0.4, -0.2) is 90.0 Å². The largest absolute Gasteiger partial charge is 0.444 e. The summed E-state index contributed by atoms with van der Waals surface area (Å²) in [4.78, 5) is 57.8. The first-order chi connectivity index (χ1) is 23.6. The van der Waals surface area contributed by atoms with Crippen molar-refractivity contribution in [3.8, 4) is 0 Å². The number of alkyl halides is 2. The van der Waals surface area contributed by atoms with E-state index in [1.807, 2.05) is 30.4 Å². The minimum absolute atomic E-state index is 0. The molecule has 12 nitrogen and oxygen atoms in total. The van der Waals surface area contributed by atoms with Gasteiger partial charge in [0.05, 0.1) is 30.9 Å². The van der Waals surface area contributed by atoms with Crippen LogP contribution in [0.4, 0.5) is 13.6 Å². The number of allylic oxidation sites excluding steroid dienone is 1. The molecule has 1 aromatic carbocycles. The van der Waals surface area contributed by atoms with Gasteiger partial charge in [-0.15, -0.1) is 6.58 Å². The molecule has 5 aliphatic rings. The molecule has 3 heterocycles. The first-order valence-corrected chi connectivity index (χ1v) is 18.8. The van der Waals surface area contributed by atoms with Crippen molar-refractivity contribution in [3.05, 3.63) is 53.6 Å². The summed E-state index contributed by atoms with van der Waals surface area (Å²) in [5.74, 6) is -6.38. The summed E-state index contributed by atoms with van der Waals surface area (Å²) in [5.41, 5.74) is 1.16. The smallest absolute Gasteiger partial charge is 0.410 e. The van der Waals surface area contributed by atoms with E-state index < -0.39 is 93.5 Å². The van der Waals surface area contributed by atoms with Crippen molar-refractivity contribution in [1.29, 1.82) is 0 Å². The lowest BCUT2D eigenvalue weighted by Gasteiger charge is -2.32. The normalized spacial score (nSPS) is 29.9. The number of benzene rings is 1. The molecular weight excluding hydrogens is 684 g/mol. The van der Waals surface area contributed by atoms with Crippen LogP contribution in [0, 0.1) is 11.8 Å². The van der Waals surface area contributed by atoms with E-state index in [4.69, 9.17) is 4.74 Å². The minimum atomic E-state index is -3.92. The van der Waals surface area contributed by atoms with Crippen molar-refractivity contribution in [1.82, 2.24) is 25.2 Å². The van der Waals surface area contributed by atoms with Crippen molar-refractivity contribution in [2.24, 2.45) is 11.8 Å². The summed E-state index contributed by atoms with van der Waals surface area (Å²) in [6, 6.07) is 3.36. The zero-order valence-electron chi connectivity index (χ0n) is 28.3. The third kappa shape index (κ3) is 8.14. The molecule has 3 aliphatic heterocycles. The third-order valence-corrected chi connectivity index (χ3v) is 12.2. The average molecular weight is 734 g/mol. The Labute approximate surface area is 298 Å². The lowest BCUT2D eigenvalue weighted by molar-refractivity contribution is -0.142. The highest BCUT2D eigenvalue weighted by atomic mass is 32.2. The van der Waals surface area contributed by atoms with Crippen LogP contribution in [0.1, 0.15) is 82.9 Å². The molecule has 6 rings (SSSR count).